The molecule has 1 aromatic rings. The highest BCUT2D eigenvalue weighted by molar-refractivity contribution is 5.92. The van der Waals surface area contributed by atoms with Crippen molar-refractivity contribution in [2.24, 2.45) is 5.92 Å². The predicted octanol–water partition coefficient (Wildman–Crippen LogP) is 1.80. The zero-order valence-electron chi connectivity index (χ0n) is 12.8. The fourth-order valence-corrected chi connectivity index (χ4v) is 2.70. The lowest BCUT2D eigenvalue weighted by Crippen LogP contribution is -2.25. The summed E-state index contributed by atoms with van der Waals surface area (Å²) in [6.45, 7) is 3.16. The van der Waals surface area contributed by atoms with Crippen LogP contribution in [0.5, 0.6) is 0 Å². The van der Waals surface area contributed by atoms with Crippen LogP contribution in [0.3, 0.4) is 0 Å². The average molecular weight is 292 g/mol. The number of aromatic nitrogens is 2. The van der Waals surface area contributed by atoms with E-state index in [4.69, 9.17) is 0 Å². The van der Waals surface area contributed by atoms with Gasteiger partial charge in [-0.2, -0.15) is 5.10 Å². The molecule has 0 atom stereocenters. The van der Waals surface area contributed by atoms with Crippen molar-refractivity contribution < 1.29 is 9.59 Å². The lowest BCUT2D eigenvalue weighted by Gasteiger charge is -2.20. The molecule has 116 valence electrons. The van der Waals surface area contributed by atoms with E-state index in [1.165, 1.54) is 6.42 Å². The molecule has 0 unspecified atom stereocenters. The third kappa shape index (κ3) is 4.06. The summed E-state index contributed by atoms with van der Waals surface area (Å²) in [6.07, 6.45) is 8.00. The van der Waals surface area contributed by atoms with Gasteiger partial charge in [0.1, 0.15) is 0 Å². The molecule has 2 rings (SSSR count). The molecule has 21 heavy (non-hydrogen) atoms. The Kier molecular flexibility index (Phi) is 5.36. The summed E-state index contributed by atoms with van der Waals surface area (Å²) in [4.78, 5) is 24.4. The Balaban J connectivity index is 1.93. The number of likely N-dealkylation sites (N-methyl/N-ethyl adjacent to an activating group) is 1. The first-order valence-corrected chi connectivity index (χ1v) is 7.60. The van der Waals surface area contributed by atoms with Gasteiger partial charge in [0, 0.05) is 19.5 Å². The highest BCUT2D eigenvalue weighted by atomic mass is 16.2. The van der Waals surface area contributed by atoms with E-state index in [2.05, 4.69) is 10.4 Å². The van der Waals surface area contributed by atoms with Crippen LogP contribution in [0.2, 0.25) is 0 Å². The summed E-state index contributed by atoms with van der Waals surface area (Å²) in [6, 6.07) is 0. The van der Waals surface area contributed by atoms with E-state index >= 15 is 0 Å². The van der Waals surface area contributed by atoms with Crippen LogP contribution < -0.4 is 5.32 Å². The van der Waals surface area contributed by atoms with E-state index in [9.17, 15) is 9.59 Å². The van der Waals surface area contributed by atoms with Gasteiger partial charge >= 0.3 is 0 Å². The standard InChI is InChI=1S/C15H24N4O2/c1-12-14(10-16-19(12)9-8-18(2)11-20)17-15(21)13-6-4-3-5-7-13/h10-11,13H,3-9H2,1-2H3,(H,17,21). The quantitative estimate of drug-likeness (QED) is 0.813. The Bertz CT molecular complexity index is 492. The first-order valence-electron chi connectivity index (χ1n) is 7.60. The number of hydrogen-bond donors (Lipinski definition) is 1. The molecular weight excluding hydrogens is 268 g/mol. The first kappa shape index (κ1) is 15.5. The monoisotopic (exact) mass is 292 g/mol. The second kappa shape index (κ2) is 7.24. The molecule has 1 heterocycles. The molecule has 0 aliphatic heterocycles. The molecule has 0 aromatic carbocycles. The van der Waals surface area contributed by atoms with Crippen LogP contribution in [-0.2, 0) is 16.1 Å². The van der Waals surface area contributed by atoms with E-state index in [1.807, 2.05) is 11.6 Å². The Morgan fingerprint density at radius 3 is 2.86 bits per heavy atom. The number of carbonyl (C=O) groups excluding carboxylic acids is 2. The predicted molar refractivity (Wildman–Crippen MR) is 80.9 cm³/mol. The van der Waals surface area contributed by atoms with Gasteiger partial charge in [0.25, 0.3) is 0 Å². The fraction of sp³-hybridized carbons (Fsp3) is 0.667. The molecule has 1 aliphatic carbocycles. The molecule has 1 aliphatic rings. The lowest BCUT2D eigenvalue weighted by molar-refractivity contribution is -0.120. The zero-order valence-corrected chi connectivity index (χ0v) is 12.8. The number of nitrogens with one attached hydrogen (secondary N) is 1. The van der Waals surface area contributed by atoms with Crippen LogP contribution in [0.25, 0.3) is 0 Å². The van der Waals surface area contributed by atoms with Crippen LogP contribution in [0, 0.1) is 12.8 Å². The number of amides is 2. The average Bonchev–Trinajstić information content (AvgIpc) is 2.86. The summed E-state index contributed by atoms with van der Waals surface area (Å²) >= 11 is 0. The molecule has 1 aromatic heterocycles. The highest BCUT2D eigenvalue weighted by Crippen LogP contribution is 2.25. The van der Waals surface area contributed by atoms with Gasteiger partial charge in [-0.3, -0.25) is 14.3 Å². The third-order valence-electron chi connectivity index (χ3n) is 4.18. The summed E-state index contributed by atoms with van der Waals surface area (Å²) in [5.41, 5.74) is 1.71. The number of nitrogens with zero attached hydrogens (tertiary/aromatic N) is 3. The van der Waals surface area contributed by atoms with E-state index in [-0.39, 0.29) is 11.8 Å². The normalized spacial score (nSPS) is 15.7. The van der Waals surface area contributed by atoms with Gasteiger partial charge in [0.05, 0.1) is 24.1 Å². The largest absolute Gasteiger partial charge is 0.346 e. The van der Waals surface area contributed by atoms with Crippen LogP contribution in [0.15, 0.2) is 6.20 Å². The number of hydrogen-bond acceptors (Lipinski definition) is 3. The van der Waals surface area contributed by atoms with Crippen LogP contribution in [0.4, 0.5) is 5.69 Å². The lowest BCUT2D eigenvalue weighted by atomic mass is 9.88. The van der Waals surface area contributed by atoms with Gasteiger partial charge in [-0.1, -0.05) is 19.3 Å². The smallest absolute Gasteiger partial charge is 0.227 e. The Morgan fingerprint density at radius 1 is 1.48 bits per heavy atom. The van der Waals surface area contributed by atoms with E-state index < -0.39 is 0 Å². The molecule has 0 radical (unpaired) electrons. The van der Waals surface area contributed by atoms with Crippen molar-refractivity contribution in [1.82, 2.24) is 14.7 Å². The van der Waals surface area contributed by atoms with Crippen molar-refractivity contribution in [1.29, 1.82) is 0 Å². The van der Waals surface area contributed by atoms with Gasteiger partial charge < -0.3 is 10.2 Å². The summed E-state index contributed by atoms with van der Waals surface area (Å²) in [5.74, 6) is 0.255. The molecular formula is C15H24N4O2. The maximum Gasteiger partial charge on any atom is 0.227 e. The van der Waals surface area contributed by atoms with Gasteiger partial charge in [-0.15, -0.1) is 0 Å². The minimum Gasteiger partial charge on any atom is -0.346 e. The molecule has 1 N–H and O–H groups in total. The van der Waals surface area contributed by atoms with Crippen molar-refractivity contribution in [3.8, 4) is 0 Å². The minimum atomic E-state index is 0.113. The Hall–Kier alpha value is -1.85. The van der Waals surface area contributed by atoms with E-state index in [1.54, 1.807) is 18.1 Å². The topological polar surface area (TPSA) is 67.2 Å². The summed E-state index contributed by atoms with van der Waals surface area (Å²) in [5, 5.41) is 7.28. The van der Waals surface area contributed by atoms with Gasteiger partial charge in [0.15, 0.2) is 0 Å². The van der Waals surface area contributed by atoms with Crippen molar-refractivity contribution in [2.75, 3.05) is 18.9 Å². The molecule has 0 spiro atoms. The van der Waals surface area contributed by atoms with E-state index in [0.717, 1.165) is 43.5 Å². The summed E-state index contributed by atoms with van der Waals surface area (Å²) in [7, 11) is 1.73. The van der Waals surface area contributed by atoms with Gasteiger partial charge in [-0.05, 0) is 19.8 Å². The molecule has 6 heteroatoms. The van der Waals surface area contributed by atoms with Gasteiger partial charge in [0.2, 0.25) is 12.3 Å². The molecule has 0 saturated heterocycles. The molecule has 1 saturated carbocycles. The van der Waals surface area contributed by atoms with Crippen molar-refractivity contribution in [2.45, 2.75) is 45.6 Å². The van der Waals surface area contributed by atoms with Gasteiger partial charge in [-0.25, -0.2) is 0 Å². The molecule has 0 bridgehead atoms. The van der Waals surface area contributed by atoms with Crippen molar-refractivity contribution in [3.63, 3.8) is 0 Å². The van der Waals surface area contributed by atoms with Crippen LogP contribution in [-0.4, -0.2) is 40.6 Å². The van der Waals surface area contributed by atoms with Crippen molar-refractivity contribution in [3.05, 3.63) is 11.9 Å². The maximum absolute atomic E-state index is 12.2. The van der Waals surface area contributed by atoms with Crippen LogP contribution >= 0.6 is 0 Å². The number of rotatable bonds is 6. The minimum absolute atomic E-state index is 0.113. The first-order chi connectivity index (χ1) is 10.1. The third-order valence-corrected chi connectivity index (χ3v) is 4.18. The molecule has 6 nitrogen and oxygen atoms in total. The number of anilines is 1. The second-order valence-electron chi connectivity index (χ2n) is 5.78. The van der Waals surface area contributed by atoms with Crippen molar-refractivity contribution >= 4 is 18.0 Å². The van der Waals surface area contributed by atoms with E-state index in [0.29, 0.717) is 13.1 Å². The molecule has 1 fully saturated rings. The maximum atomic E-state index is 12.2. The zero-order chi connectivity index (χ0) is 15.2. The fourth-order valence-electron chi connectivity index (χ4n) is 2.70. The Labute approximate surface area is 125 Å². The number of carbonyl (C=O) groups is 2. The molecule has 2 amide bonds. The van der Waals surface area contributed by atoms with Crippen LogP contribution in [0.1, 0.15) is 37.8 Å². The second-order valence-corrected chi connectivity index (χ2v) is 5.78. The SMILES string of the molecule is Cc1c(NC(=O)C2CCCCC2)cnn1CCN(C)C=O. The summed E-state index contributed by atoms with van der Waals surface area (Å²) < 4.78 is 1.82. The Morgan fingerprint density at radius 2 is 2.19 bits per heavy atom. The highest BCUT2D eigenvalue weighted by Gasteiger charge is 2.22.